The monoisotopic (exact) mass is 775 g/mol. The van der Waals surface area contributed by atoms with Crippen LogP contribution in [-0.2, 0) is 33.9 Å². The third kappa shape index (κ3) is 8.76. The number of ether oxygens (including phenoxy) is 3. The topological polar surface area (TPSA) is 158 Å². The molecule has 0 radical (unpaired) electrons. The minimum atomic E-state index is -3.84. The largest absolute Gasteiger partial charge is 0.496 e. The van der Waals surface area contributed by atoms with Gasteiger partial charge in [0.25, 0.3) is 0 Å². The summed E-state index contributed by atoms with van der Waals surface area (Å²) in [6, 6.07) is 4.82. The van der Waals surface area contributed by atoms with Gasteiger partial charge in [-0.25, -0.2) is 13.4 Å². The first-order valence-corrected chi connectivity index (χ1v) is 21.3. The molecule has 0 spiro atoms. The van der Waals surface area contributed by atoms with E-state index >= 15 is 0 Å². The number of ketones is 1. The van der Waals surface area contributed by atoms with E-state index in [1.165, 1.54) is 4.90 Å². The smallest absolute Gasteiger partial charge is 0.306 e. The van der Waals surface area contributed by atoms with Crippen LogP contribution in [0.25, 0.3) is 16.8 Å². The number of benzene rings is 1. The molecule has 3 aliphatic heterocycles. The second kappa shape index (κ2) is 15.7. The van der Waals surface area contributed by atoms with Crippen LogP contribution in [0.1, 0.15) is 103 Å². The molecule has 1 N–H and O–H groups in total. The summed E-state index contributed by atoms with van der Waals surface area (Å²) in [6.45, 7) is 4.37. The molecule has 1 aromatic carbocycles. The number of methoxy groups -OCH3 is 1. The van der Waals surface area contributed by atoms with E-state index in [4.69, 9.17) is 14.2 Å². The van der Waals surface area contributed by atoms with Gasteiger partial charge in [-0.15, -0.1) is 0 Å². The number of Topliss-reactive ketones (excluding diaryl/α,β-unsaturated/α-hetero) is 1. The fourth-order valence-corrected chi connectivity index (χ4v) is 9.75. The van der Waals surface area contributed by atoms with Crippen molar-refractivity contribution in [3.63, 3.8) is 0 Å². The Morgan fingerprint density at radius 3 is 2.65 bits per heavy atom. The second-order valence-corrected chi connectivity index (χ2v) is 18.9. The number of carbonyl (C=O) groups is 4. The van der Waals surface area contributed by atoms with Crippen molar-refractivity contribution in [2.75, 3.05) is 20.3 Å². The first-order valence-electron chi connectivity index (χ1n) is 19.8. The van der Waals surface area contributed by atoms with Gasteiger partial charge in [-0.05, 0) is 86.3 Å². The van der Waals surface area contributed by atoms with Gasteiger partial charge in [0.1, 0.15) is 11.9 Å². The first kappa shape index (κ1) is 39.0. The molecule has 3 fully saturated rings. The lowest BCUT2D eigenvalue weighted by Crippen LogP contribution is -2.46. The number of hydrogen-bond donors (Lipinski definition) is 1. The average Bonchev–Trinajstić information content (AvgIpc) is 4.07. The number of aromatic nitrogens is 1. The molecule has 5 bridgehead atoms. The van der Waals surface area contributed by atoms with Crippen LogP contribution >= 0.6 is 0 Å². The van der Waals surface area contributed by atoms with Crippen molar-refractivity contribution in [1.82, 2.24) is 14.6 Å². The predicted octanol–water partition coefficient (Wildman–Crippen LogP) is 6.07. The molecule has 5 aliphatic rings. The fourth-order valence-electron chi connectivity index (χ4n) is 8.36. The van der Waals surface area contributed by atoms with Gasteiger partial charge in [-0.3, -0.25) is 23.9 Å². The highest BCUT2D eigenvalue weighted by Gasteiger charge is 2.61. The molecule has 296 valence electrons. The third-order valence-electron chi connectivity index (χ3n) is 12.0. The van der Waals surface area contributed by atoms with E-state index in [9.17, 15) is 27.6 Å². The molecule has 2 amide bonds. The van der Waals surface area contributed by atoms with Gasteiger partial charge in [0.2, 0.25) is 27.7 Å². The number of esters is 1. The SMILES string of the molecule is COc1cc2ccnc3c2cc1/C=C/CCC(C)(C)COC(=O)C[C@H]1CCCCC/C=C\[C@H]2C[C@@]2(C(=O)NS(=O)(=O)C2CC2)CC(=O)[C@@H]2C[C@H](CN2C1=O)O3. The number of fused-ring (bicyclic) bond motifs is 4. The summed E-state index contributed by atoms with van der Waals surface area (Å²) in [5.74, 6) is -1.75. The number of cyclic esters (lactones) is 1. The molecule has 12 nitrogen and oxygen atoms in total. The zero-order chi connectivity index (χ0) is 39.0. The number of carbonyl (C=O) groups excluding carboxylic acids is 4. The highest BCUT2D eigenvalue weighted by atomic mass is 32.2. The van der Waals surface area contributed by atoms with Gasteiger partial charge < -0.3 is 19.1 Å². The summed E-state index contributed by atoms with van der Waals surface area (Å²) in [7, 11) is -2.22. The second-order valence-electron chi connectivity index (χ2n) is 16.9. The molecule has 1 aromatic heterocycles. The van der Waals surface area contributed by atoms with Gasteiger partial charge in [-0.1, -0.05) is 51.0 Å². The van der Waals surface area contributed by atoms with E-state index < -0.39 is 50.6 Å². The van der Waals surface area contributed by atoms with E-state index in [0.29, 0.717) is 43.7 Å². The Morgan fingerprint density at radius 1 is 1.05 bits per heavy atom. The molecule has 1 saturated heterocycles. The maximum atomic E-state index is 14.7. The van der Waals surface area contributed by atoms with Crippen molar-refractivity contribution in [2.45, 2.75) is 115 Å². The molecule has 55 heavy (non-hydrogen) atoms. The minimum Gasteiger partial charge on any atom is -0.496 e. The van der Waals surface area contributed by atoms with Crippen LogP contribution in [0.5, 0.6) is 11.6 Å². The first-order chi connectivity index (χ1) is 26.3. The van der Waals surface area contributed by atoms with Crippen LogP contribution in [0.3, 0.4) is 0 Å². The summed E-state index contributed by atoms with van der Waals surface area (Å²) in [4.78, 5) is 62.6. The molecule has 0 unspecified atom stereocenters. The van der Waals surface area contributed by atoms with Crippen LogP contribution in [-0.4, -0.2) is 79.5 Å². The van der Waals surface area contributed by atoms with E-state index in [2.05, 4.69) is 15.8 Å². The predicted molar refractivity (Wildman–Crippen MR) is 206 cm³/mol. The quantitative estimate of drug-likeness (QED) is 0.286. The lowest BCUT2D eigenvalue weighted by atomic mass is 9.88. The zero-order valence-electron chi connectivity index (χ0n) is 32.1. The Bertz CT molecular complexity index is 2010. The number of pyridine rings is 1. The van der Waals surface area contributed by atoms with E-state index in [1.54, 1.807) is 13.3 Å². The van der Waals surface area contributed by atoms with Crippen LogP contribution < -0.4 is 14.2 Å². The standard InChI is InChI=1S/C42H53N3O9S/c1-41(2)17-10-9-11-28-19-33-27(20-36(28)52-3)16-18-43-38(33)54-31-22-34-35(46)24-42(40(49)44-55(50,51)32-14-15-32)23-30(42)13-8-6-4-5-7-12-29(21-37(47)53-26-41)39(48)45(34)25-31/h8-9,11,13,16,18-20,29-32,34H,4-7,10,12,14-15,17,21-26H2,1-3H3,(H,44,49)/b11-9+,13-8-/t29-,30+,31-,34+,42-/m1/s1. The molecule has 2 aliphatic carbocycles. The molecule has 7 rings (SSSR count). The number of nitrogens with one attached hydrogen (secondary N) is 1. The van der Waals surface area contributed by atoms with Crippen molar-refractivity contribution in [3.05, 3.63) is 48.2 Å². The van der Waals surface area contributed by atoms with Crippen molar-refractivity contribution >= 4 is 50.4 Å². The van der Waals surface area contributed by atoms with E-state index in [-0.39, 0.29) is 55.4 Å². The van der Waals surface area contributed by atoms with Gasteiger partial charge in [-0.2, -0.15) is 0 Å². The maximum absolute atomic E-state index is 14.7. The average molecular weight is 776 g/mol. The number of nitrogens with zero attached hydrogens (tertiary/aromatic N) is 2. The number of sulfonamides is 1. The summed E-state index contributed by atoms with van der Waals surface area (Å²) in [5, 5.41) is 1.01. The molecular weight excluding hydrogens is 723 g/mol. The lowest BCUT2D eigenvalue weighted by Gasteiger charge is -2.29. The van der Waals surface area contributed by atoms with Gasteiger partial charge in [0.15, 0.2) is 5.78 Å². The van der Waals surface area contributed by atoms with Crippen molar-refractivity contribution in [1.29, 1.82) is 0 Å². The maximum Gasteiger partial charge on any atom is 0.306 e. The molecular formula is C42H53N3O9S. The Kier molecular flexibility index (Phi) is 11.1. The Labute approximate surface area is 323 Å². The molecule has 2 aromatic rings. The van der Waals surface area contributed by atoms with Crippen molar-refractivity contribution in [3.8, 4) is 11.6 Å². The molecule has 5 atom stereocenters. The normalized spacial score (nSPS) is 30.4. The molecule has 2 saturated carbocycles. The highest BCUT2D eigenvalue weighted by Crippen LogP contribution is 2.57. The van der Waals surface area contributed by atoms with E-state index in [1.807, 2.05) is 50.3 Å². The lowest BCUT2D eigenvalue weighted by molar-refractivity contribution is -0.152. The minimum absolute atomic E-state index is 0.0768. The van der Waals surface area contributed by atoms with Gasteiger partial charge in [0.05, 0.1) is 43.4 Å². The summed E-state index contributed by atoms with van der Waals surface area (Å²) < 4.78 is 46.2. The summed E-state index contributed by atoms with van der Waals surface area (Å²) in [6.07, 6.45) is 15.3. The number of hydrogen-bond acceptors (Lipinski definition) is 10. The number of amides is 2. The Balaban J connectivity index is 1.25. The van der Waals surface area contributed by atoms with Crippen LogP contribution in [0.2, 0.25) is 0 Å². The zero-order valence-corrected chi connectivity index (χ0v) is 32.9. The van der Waals surface area contributed by atoms with Crippen LogP contribution in [0.15, 0.2) is 42.6 Å². The van der Waals surface area contributed by atoms with Gasteiger partial charge >= 0.3 is 5.97 Å². The van der Waals surface area contributed by atoms with E-state index in [0.717, 1.165) is 48.4 Å². The van der Waals surface area contributed by atoms with Crippen molar-refractivity contribution < 1.29 is 41.8 Å². The Hall–Kier alpha value is -4.26. The number of allylic oxidation sites excluding steroid dienone is 3. The summed E-state index contributed by atoms with van der Waals surface area (Å²) in [5.41, 5.74) is -0.714. The van der Waals surface area contributed by atoms with Crippen molar-refractivity contribution in [2.24, 2.45) is 22.7 Å². The van der Waals surface area contributed by atoms with Crippen LogP contribution in [0.4, 0.5) is 0 Å². The molecule has 4 heterocycles. The molecule has 13 heteroatoms. The number of rotatable bonds is 4. The van der Waals surface area contributed by atoms with Gasteiger partial charge in [0, 0.05) is 35.9 Å². The highest BCUT2D eigenvalue weighted by molar-refractivity contribution is 7.90. The fraction of sp³-hybridized carbons (Fsp3) is 0.595. The Morgan fingerprint density at radius 2 is 1.87 bits per heavy atom. The summed E-state index contributed by atoms with van der Waals surface area (Å²) >= 11 is 0. The van der Waals surface area contributed by atoms with Crippen LogP contribution in [0, 0.1) is 22.7 Å². The third-order valence-corrected chi connectivity index (χ3v) is 13.8.